The highest BCUT2D eigenvalue weighted by Crippen LogP contribution is 2.40. The number of hydrogen-bond acceptors (Lipinski definition) is 6. The highest BCUT2D eigenvalue weighted by molar-refractivity contribution is 6.09. The molecule has 7 heteroatoms. The Morgan fingerprint density at radius 3 is 2.19 bits per heavy atom. The smallest absolute Gasteiger partial charge is 0.338 e. The van der Waals surface area contributed by atoms with Crippen LogP contribution >= 0.6 is 0 Å². The van der Waals surface area contributed by atoms with Gasteiger partial charge < -0.3 is 19.8 Å². The van der Waals surface area contributed by atoms with Crippen LogP contribution in [0.25, 0.3) is 0 Å². The zero-order chi connectivity index (χ0) is 22.7. The quantitative estimate of drug-likeness (QED) is 0.658. The fourth-order valence-corrected chi connectivity index (χ4v) is 3.54. The Balaban J connectivity index is 1.96. The van der Waals surface area contributed by atoms with E-state index in [1.807, 2.05) is 0 Å². The molecule has 31 heavy (non-hydrogen) atoms. The molecule has 0 saturated carbocycles. The van der Waals surface area contributed by atoms with Gasteiger partial charge in [0.15, 0.2) is 11.5 Å². The van der Waals surface area contributed by atoms with Crippen molar-refractivity contribution >= 4 is 17.7 Å². The molecule has 0 bridgehead atoms. The van der Waals surface area contributed by atoms with Gasteiger partial charge in [-0.05, 0) is 42.3 Å². The summed E-state index contributed by atoms with van der Waals surface area (Å²) in [5.74, 6) is -2.30. The van der Waals surface area contributed by atoms with E-state index in [2.05, 4.69) is 0 Å². The molecule has 7 nitrogen and oxygen atoms in total. The Hall–Kier alpha value is -3.61. The minimum absolute atomic E-state index is 0.0498. The molecule has 2 aromatic carbocycles. The van der Waals surface area contributed by atoms with Gasteiger partial charge in [-0.1, -0.05) is 38.1 Å². The fourth-order valence-electron chi connectivity index (χ4n) is 3.54. The average molecular weight is 423 g/mol. The summed E-state index contributed by atoms with van der Waals surface area (Å²) in [4.78, 5) is 39.0. The molecule has 1 heterocycles. The van der Waals surface area contributed by atoms with Crippen LogP contribution in [0.1, 0.15) is 48.3 Å². The van der Waals surface area contributed by atoms with Crippen molar-refractivity contribution in [1.29, 1.82) is 0 Å². The van der Waals surface area contributed by atoms with Gasteiger partial charge in [-0.2, -0.15) is 0 Å². The van der Waals surface area contributed by atoms with Gasteiger partial charge in [0, 0.05) is 12.5 Å². The number of benzene rings is 2. The SMILES string of the molecule is CCOC(=O)c1ccc(CN2C(=O)C(O)=C(C(=O)C(C)C)C2c2ccc(O)cc2)cc1. The summed E-state index contributed by atoms with van der Waals surface area (Å²) >= 11 is 0. The fraction of sp³-hybridized carbons (Fsp3) is 0.292. The van der Waals surface area contributed by atoms with Crippen molar-refractivity contribution in [1.82, 2.24) is 4.90 Å². The maximum Gasteiger partial charge on any atom is 0.338 e. The number of rotatable bonds is 7. The number of Topliss-reactive ketones (excluding diaryl/α,β-unsaturated/α-hetero) is 1. The third kappa shape index (κ3) is 4.45. The van der Waals surface area contributed by atoms with Gasteiger partial charge in [-0.25, -0.2) is 4.79 Å². The number of aliphatic hydroxyl groups excluding tert-OH is 1. The minimum atomic E-state index is -0.785. The first-order valence-corrected chi connectivity index (χ1v) is 10.1. The minimum Gasteiger partial charge on any atom is -0.508 e. The molecule has 3 rings (SSSR count). The van der Waals surface area contributed by atoms with Crippen LogP contribution in [-0.4, -0.2) is 39.4 Å². The van der Waals surface area contributed by atoms with Crippen LogP contribution in [0.5, 0.6) is 5.75 Å². The first-order chi connectivity index (χ1) is 14.7. The molecule has 162 valence electrons. The summed E-state index contributed by atoms with van der Waals surface area (Å²) in [5.41, 5.74) is 1.76. The summed E-state index contributed by atoms with van der Waals surface area (Å²) in [6.07, 6.45) is 0. The molecule has 0 aromatic heterocycles. The van der Waals surface area contributed by atoms with Crippen LogP contribution in [0, 0.1) is 5.92 Å². The van der Waals surface area contributed by atoms with Crippen LogP contribution in [0.15, 0.2) is 59.9 Å². The Labute approximate surface area is 180 Å². The molecule has 0 aliphatic carbocycles. The number of ketones is 1. The monoisotopic (exact) mass is 423 g/mol. The van der Waals surface area contributed by atoms with Crippen LogP contribution in [0.3, 0.4) is 0 Å². The molecule has 0 radical (unpaired) electrons. The summed E-state index contributed by atoms with van der Waals surface area (Å²) in [5, 5.41) is 20.2. The van der Waals surface area contributed by atoms with E-state index in [0.717, 1.165) is 5.56 Å². The van der Waals surface area contributed by atoms with Gasteiger partial charge in [-0.15, -0.1) is 0 Å². The number of esters is 1. The number of ether oxygens (including phenoxy) is 1. The Morgan fingerprint density at radius 2 is 1.65 bits per heavy atom. The lowest BCUT2D eigenvalue weighted by Gasteiger charge is -2.27. The Kier molecular flexibility index (Phi) is 6.44. The third-order valence-electron chi connectivity index (χ3n) is 5.12. The van der Waals surface area contributed by atoms with Gasteiger partial charge in [0.1, 0.15) is 5.75 Å². The molecule has 0 spiro atoms. The average Bonchev–Trinajstić information content (AvgIpc) is 2.99. The maximum absolute atomic E-state index is 12.9. The van der Waals surface area contributed by atoms with Crippen LogP contribution in [0.2, 0.25) is 0 Å². The molecular formula is C24H25NO6. The van der Waals surface area contributed by atoms with Crippen molar-refractivity contribution in [2.45, 2.75) is 33.4 Å². The van der Waals surface area contributed by atoms with Crippen molar-refractivity contribution in [3.63, 3.8) is 0 Å². The van der Waals surface area contributed by atoms with Gasteiger partial charge in [-0.3, -0.25) is 9.59 Å². The van der Waals surface area contributed by atoms with Crippen molar-refractivity contribution in [3.8, 4) is 5.75 Å². The van der Waals surface area contributed by atoms with Gasteiger partial charge >= 0.3 is 5.97 Å². The Bertz CT molecular complexity index is 1020. The second-order valence-electron chi connectivity index (χ2n) is 7.63. The third-order valence-corrected chi connectivity index (χ3v) is 5.12. The van der Waals surface area contributed by atoms with E-state index in [1.165, 1.54) is 17.0 Å². The Morgan fingerprint density at radius 1 is 1.03 bits per heavy atom. The molecular weight excluding hydrogens is 398 g/mol. The molecule has 1 unspecified atom stereocenters. The molecule has 1 aliphatic rings. The van der Waals surface area contributed by atoms with Crippen molar-refractivity contribution in [2.24, 2.45) is 5.92 Å². The predicted octanol–water partition coefficient (Wildman–Crippen LogP) is 3.69. The maximum atomic E-state index is 12.9. The van der Waals surface area contributed by atoms with Gasteiger partial charge in [0.2, 0.25) is 0 Å². The number of carbonyl (C=O) groups excluding carboxylic acids is 3. The second kappa shape index (κ2) is 9.04. The number of aliphatic hydroxyl groups is 1. The molecule has 1 atom stereocenters. The van der Waals surface area contributed by atoms with Crippen LogP contribution < -0.4 is 0 Å². The molecule has 0 saturated heterocycles. The largest absolute Gasteiger partial charge is 0.508 e. The van der Waals surface area contributed by atoms with Gasteiger partial charge in [0.25, 0.3) is 5.91 Å². The number of amides is 1. The zero-order valence-corrected chi connectivity index (χ0v) is 17.7. The lowest BCUT2D eigenvalue weighted by molar-refractivity contribution is -0.130. The number of aromatic hydroxyl groups is 1. The number of carbonyl (C=O) groups is 3. The molecule has 2 N–H and O–H groups in total. The van der Waals surface area contributed by atoms with E-state index in [1.54, 1.807) is 57.2 Å². The lowest BCUT2D eigenvalue weighted by Crippen LogP contribution is -2.31. The molecule has 2 aromatic rings. The van der Waals surface area contributed by atoms with E-state index < -0.39 is 29.6 Å². The first-order valence-electron chi connectivity index (χ1n) is 10.1. The second-order valence-corrected chi connectivity index (χ2v) is 7.63. The highest BCUT2D eigenvalue weighted by Gasteiger charge is 2.43. The van der Waals surface area contributed by atoms with E-state index in [9.17, 15) is 24.6 Å². The zero-order valence-electron chi connectivity index (χ0n) is 17.7. The van der Waals surface area contributed by atoms with Crippen molar-refractivity contribution in [3.05, 3.63) is 76.6 Å². The first kappa shape index (κ1) is 22.1. The predicted molar refractivity (Wildman–Crippen MR) is 113 cm³/mol. The standard InChI is InChI=1S/C24H25NO6/c1-4-31-24(30)17-7-5-15(6-8-17)13-25-20(16-9-11-18(26)12-10-16)19(21(27)14(2)3)22(28)23(25)29/h5-12,14,20,26,28H,4,13H2,1-3H3. The number of phenolic OH excluding ortho intramolecular Hbond substituents is 1. The number of phenols is 1. The number of nitrogens with zero attached hydrogens (tertiary/aromatic N) is 1. The highest BCUT2D eigenvalue weighted by atomic mass is 16.5. The van der Waals surface area contributed by atoms with E-state index in [-0.39, 0.29) is 30.3 Å². The van der Waals surface area contributed by atoms with Crippen molar-refractivity contribution in [2.75, 3.05) is 6.61 Å². The number of hydrogen-bond donors (Lipinski definition) is 2. The molecule has 0 fully saturated rings. The van der Waals surface area contributed by atoms with E-state index >= 15 is 0 Å². The topological polar surface area (TPSA) is 104 Å². The van der Waals surface area contributed by atoms with Crippen LogP contribution in [0.4, 0.5) is 0 Å². The van der Waals surface area contributed by atoms with Crippen LogP contribution in [-0.2, 0) is 20.9 Å². The lowest BCUT2D eigenvalue weighted by atomic mass is 9.91. The van der Waals surface area contributed by atoms with E-state index in [0.29, 0.717) is 11.1 Å². The molecule has 1 amide bonds. The molecule has 1 aliphatic heterocycles. The summed E-state index contributed by atoms with van der Waals surface area (Å²) in [6.45, 7) is 5.53. The summed E-state index contributed by atoms with van der Waals surface area (Å²) < 4.78 is 4.98. The van der Waals surface area contributed by atoms with Gasteiger partial charge in [0.05, 0.1) is 23.8 Å². The van der Waals surface area contributed by atoms with E-state index in [4.69, 9.17) is 4.74 Å². The summed E-state index contributed by atoms with van der Waals surface area (Å²) in [7, 11) is 0. The van der Waals surface area contributed by atoms with Crippen molar-refractivity contribution < 1.29 is 29.3 Å². The normalized spacial score (nSPS) is 16.2. The summed E-state index contributed by atoms with van der Waals surface area (Å²) in [6, 6.07) is 12.0.